The maximum Gasteiger partial charge on any atom is 0.313 e. The van der Waals surface area contributed by atoms with Gasteiger partial charge in [-0.2, -0.15) is 0 Å². The first-order chi connectivity index (χ1) is 14.4. The summed E-state index contributed by atoms with van der Waals surface area (Å²) in [5, 5.41) is 10.8. The van der Waals surface area contributed by atoms with Crippen molar-refractivity contribution in [3.63, 3.8) is 0 Å². The zero-order chi connectivity index (χ0) is 21.4. The smallest absolute Gasteiger partial charge is 0.313 e. The van der Waals surface area contributed by atoms with Crippen LogP contribution < -0.4 is 4.90 Å². The number of fused-ring (bicyclic) bond motifs is 1. The van der Waals surface area contributed by atoms with E-state index in [1.807, 2.05) is 0 Å². The number of benzene rings is 2. The number of non-ortho nitro benzene ring substituents is 1. The van der Waals surface area contributed by atoms with E-state index in [-0.39, 0.29) is 35.7 Å². The minimum Gasteiger partial charge on any atom is -0.443 e. The minimum absolute atomic E-state index is 0.0393. The summed E-state index contributed by atoms with van der Waals surface area (Å²) in [5.41, 5.74) is 0.821. The molecule has 10 heteroatoms. The molecule has 4 rings (SSSR count). The lowest BCUT2D eigenvalue weighted by atomic mass is 10.1. The number of ether oxygens (including phenoxy) is 1. The predicted molar refractivity (Wildman–Crippen MR) is 101 cm³/mol. The van der Waals surface area contributed by atoms with Gasteiger partial charge in [-0.15, -0.1) is 0 Å². The lowest BCUT2D eigenvalue weighted by Crippen LogP contribution is -2.35. The first-order valence-corrected chi connectivity index (χ1v) is 9.03. The maximum atomic E-state index is 12.4. The molecule has 30 heavy (non-hydrogen) atoms. The van der Waals surface area contributed by atoms with Crippen molar-refractivity contribution in [2.75, 3.05) is 18.2 Å². The summed E-state index contributed by atoms with van der Waals surface area (Å²) < 4.78 is 5.14. The average Bonchev–Trinajstić information content (AvgIpc) is 3.25. The lowest BCUT2D eigenvalue weighted by Gasteiger charge is -2.17. The highest BCUT2D eigenvalue weighted by Gasteiger charge is 2.39. The summed E-state index contributed by atoms with van der Waals surface area (Å²) in [6.45, 7) is -0.495. The van der Waals surface area contributed by atoms with Gasteiger partial charge in [-0.05, 0) is 24.3 Å². The fraction of sp³-hybridized carbons (Fsp3) is 0.200. The quantitative estimate of drug-likeness (QED) is 0.318. The third-order valence-electron chi connectivity index (χ3n) is 5.04. The Labute approximate surface area is 169 Å². The molecule has 2 aromatic rings. The number of nitro benzene ring substituents is 1. The zero-order valence-corrected chi connectivity index (χ0v) is 15.5. The van der Waals surface area contributed by atoms with Crippen molar-refractivity contribution in [2.45, 2.75) is 6.42 Å². The molecule has 0 saturated carbocycles. The van der Waals surface area contributed by atoms with Crippen molar-refractivity contribution in [2.24, 2.45) is 5.92 Å². The topological polar surface area (TPSA) is 127 Å². The van der Waals surface area contributed by atoms with Crippen LogP contribution in [0.25, 0.3) is 0 Å². The van der Waals surface area contributed by atoms with Crippen LogP contribution in [0.1, 0.15) is 27.1 Å². The van der Waals surface area contributed by atoms with Gasteiger partial charge >= 0.3 is 5.97 Å². The van der Waals surface area contributed by atoms with Crippen LogP contribution >= 0.6 is 0 Å². The number of esters is 1. The fourth-order valence-corrected chi connectivity index (χ4v) is 3.47. The van der Waals surface area contributed by atoms with Crippen molar-refractivity contribution < 1.29 is 28.8 Å². The predicted octanol–water partition coefficient (Wildman–Crippen LogP) is 1.74. The number of hydrogen-bond acceptors (Lipinski definition) is 7. The third kappa shape index (κ3) is 3.28. The van der Waals surface area contributed by atoms with Crippen molar-refractivity contribution in [3.8, 4) is 0 Å². The second-order valence-electron chi connectivity index (χ2n) is 6.86. The Morgan fingerprint density at radius 3 is 2.20 bits per heavy atom. The molecule has 1 fully saturated rings. The van der Waals surface area contributed by atoms with E-state index in [1.54, 1.807) is 12.1 Å². The molecule has 0 unspecified atom stereocenters. The summed E-state index contributed by atoms with van der Waals surface area (Å²) in [6.07, 6.45) is -0.0993. The van der Waals surface area contributed by atoms with E-state index < -0.39 is 35.4 Å². The Morgan fingerprint density at radius 2 is 1.63 bits per heavy atom. The van der Waals surface area contributed by atoms with E-state index >= 15 is 0 Å². The molecule has 0 spiro atoms. The molecule has 152 valence electrons. The van der Waals surface area contributed by atoms with Crippen molar-refractivity contribution in [1.82, 2.24) is 4.90 Å². The van der Waals surface area contributed by atoms with E-state index in [4.69, 9.17) is 4.74 Å². The highest BCUT2D eigenvalue weighted by Crippen LogP contribution is 2.28. The number of imide groups is 1. The molecule has 0 aromatic heterocycles. The average molecular weight is 409 g/mol. The number of nitro groups is 1. The number of rotatable bonds is 5. The molecule has 0 bridgehead atoms. The SMILES string of the molecule is O=C(OCN1C(=O)c2ccccc2C1=O)[C@H]1CC(=O)N(c2ccc([N+](=O)[O-])cc2)C1. The van der Waals surface area contributed by atoms with Gasteiger partial charge in [0.1, 0.15) is 0 Å². The number of carbonyl (C=O) groups is 4. The second kappa shape index (κ2) is 7.39. The Bertz CT molecular complexity index is 1050. The summed E-state index contributed by atoms with van der Waals surface area (Å²) in [4.78, 5) is 61.7. The Balaban J connectivity index is 1.38. The molecule has 10 nitrogen and oxygen atoms in total. The number of nitrogens with zero attached hydrogens (tertiary/aromatic N) is 3. The molecule has 0 radical (unpaired) electrons. The Kier molecular flexibility index (Phi) is 4.74. The standard InChI is InChI=1S/C20H15N3O7/c24-17-9-12(10-21(17)13-5-7-14(8-6-13)23(28)29)20(27)30-11-22-18(25)15-3-1-2-4-16(15)19(22)26/h1-8,12H,9-11H2/t12-/m0/s1. The number of amides is 3. The number of anilines is 1. The van der Waals surface area contributed by atoms with Crippen molar-refractivity contribution >= 4 is 35.1 Å². The molecule has 2 aromatic carbocycles. The minimum atomic E-state index is -0.775. The summed E-state index contributed by atoms with van der Waals surface area (Å²) in [6, 6.07) is 11.7. The third-order valence-corrected chi connectivity index (χ3v) is 5.04. The normalized spacial score (nSPS) is 18.0. The van der Waals surface area contributed by atoms with Crippen LogP contribution in [-0.4, -0.2) is 46.8 Å². The van der Waals surface area contributed by atoms with E-state index in [9.17, 15) is 29.3 Å². The molecule has 1 saturated heterocycles. The van der Waals surface area contributed by atoms with Crippen LogP contribution in [0.4, 0.5) is 11.4 Å². The Morgan fingerprint density at radius 1 is 1.03 bits per heavy atom. The summed E-state index contributed by atoms with van der Waals surface area (Å²) in [7, 11) is 0. The molecule has 0 N–H and O–H groups in total. The molecular weight excluding hydrogens is 394 g/mol. The molecule has 0 aliphatic carbocycles. The van der Waals surface area contributed by atoms with Gasteiger partial charge in [-0.3, -0.25) is 29.3 Å². The monoisotopic (exact) mass is 409 g/mol. The van der Waals surface area contributed by atoms with E-state index in [0.29, 0.717) is 5.69 Å². The molecule has 1 atom stereocenters. The van der Waals surface area contributed by atoms with Crippen LogP contribution in [0, 0.1) is 16.0 Å². The first kappa shape index (κ1) is 19.2. The van der Waals surface area contributed by atoms with Gasteiger partial charge in [0.15, 0.2) is 6.73 Å². The highest BCUT2D eigenvalue weighted by molar-refractivity contribution is 6.21. The van der Waals surface area contributed by atoms with Crippen LogP contribution in [0.5, 0.6) is 0 Å². The summed E-state index contributed by atoms with van der Waals surface area (Å²) in [5.74, 6) is -2.89. The van der Waals surface area contributed by atoms with Crippen molar-refractivity contribution in [1.29, 1.82) is 0 Å². The zero-order valence-electron chi connectivity index (χ0n) is 15.5. The maximum absolute atomic E-state index is 12.4. The molecular formula is C20H15N3O7. The highest BCUT2D eigenvalue weighted by atomic mass is 16.6. The Hall–Kier alpha value is -4.08. The van der Waals surface area contributed by atoms with Crippen LogP contribution in [0.3, 0.4) is 0 Å². The van der Waals surface area contributed by atoms with Gasteiger partial charge in [0.2, 0.25) is 5.91 Å². The molecule has 2 heterocycles. The van der Waals surface area contributed by atoms with Gasteiger partial charge < -0.3 is 9.64 Å². The molecule has 2 aliphatic rings. The first-order valence-electron chi connectivity index (χ1n) is 9.03. The van der Waals surface area contributed by atoms with Crippen molar-refractivity contribution in [3.05, 3.63) is 69.8 Å². The van der Waals surface area contributed by atoms with Crippen LogP contribution in [0.15, 0.2) is 48.5 Å². The van der Waals surface area contributed by atoms with Gasteiger partial charge in [0.05, 0.1) is 22.0 Å². The van der Waals surface area contributed by atoms with Gasteiger partial charge in [-0.1, -0.05) is 12.1 Å². The van der Waals surface area contributed by atoms with E-state index in [2.05, 4.69) is 0 Å². The lowest BCUT2D eigenvalue weighted by molar-refractivity contribution is -0.384. The number of carbonyl (C=O) groups excluding carboxylic acids is 4. The van der Waals surface area contributed by atoms with Crippen LogP contribution in [0.2, 0.25) is 0 Å². The van der Waals surface area contributed by atoms with Crippen LogP contribution in [-0.2, 0) is 14.3 Å². The second-order valence-corrected chi connectivity index (χ2v) is 6.86. The molecule has 2 aliphatic heterocycles. The largest absolute Gasteiger partial charge is 0.443 e. The van der Waals surface area contributed by atoms with E-state index in [1.165, 1.54) is 41.3 Å². The van der Waals surface area contributed by atoms with E-state index in [0.717, 1.165) is 4.90 Å². The fourth-order valence-electron chi connectivity index (χ4n) is 3.47. The van der Waals surface area contributed by atoms with Gasteiger partial charge in [0.25, 0.3) is 17.5 Å². The number of hydrogen-bond donors (Lipinski definition) is 0. The molecule has 3 amide bonds. The van der Waals surface area contributed by atoms with Gasteiger partial charge in [0, 0.05) is 30.8 Å². The summed E-state index contributed by atoms with van der Waals surface area (Å²) >= 11 is 0. The van der Waals surface area contributed by atoms with Gasteiger partial charge in [-0.25, -0.2) is 4.90 Å².